The number of hydrogen-bond acceptors (Lipinski definition) is 5. The number of nitrogens with zero attached hydrogens (tertiary/aromatic N) is 3. The summed E-state index contributed by atoms with van der Waals surface area (Å²) in [5.74, 6) is 0. The number of anilines is 1. The molecule has 22 heavy (non-hydrogen) atoms. The second-order valence-electron chi connectivity index (χ2n) is 4.93. The molecule has 1 aromatic carbocycles. The highest BCUT2D eigenvalue weighted by Crippen LogP contribution is 2.25. The van der Waals surface area contributed by atoms with Gasteiger partial charge in [-0.2, -0.15) is 18.0 Å². The van der Waals surface area contributed by atoms with Crippen LogP contribution in [0.2, 0.25) is 0 Å². The maximum absolute atomic E-state index is 12.8. The Morgan fingerprint density at radius 2 is 2.00 bits per heavy atom. The zero-order valence-corrected chi connectivity index (χ0v) is 14.1. The standard InChI is InChI=1S/C14H16N4O2S2/c1-4-11-7-5-6-8-12(11)17-22(19,20)13-9(2)15-14-18(13)16-10(3)21-14/h5-8,17H,4H2,1-3H3. The lowest BCUT2D eigenvalue weighted by Crippen LogP contribution is -2.17. The Morgan fingerprint density at radius 1 is 1.27 bits per heavy atom. The molecule has 0 bridgehead atoms. The Bertz CT molecular complexity index is 941. The minimum atomic E-state index is -3.75. The first-order valence-corrected chi connectivity index (χ1v) is 9.16. The summed E-state index contributed by atoms with van der Waals surface area (Å²) in [5.41, 5.74) is 1.98. The summed E-state index contributed by atoms with van der Waals surface area (Å²) in [4.78, 5) is 4.87. The summed E-state index contributed by atoms with van der Waals surface area (Å²) in [6.07, 6.45) is 0.745. The largest absolute Gasteiger partial charge is 0.281 e. The van der Waals surface area contributed by atoms with Gasteiger partial charge in [-0.3, -0.25) is 4.72 Å². The van der Waals surface area contributed by atoms with Gasteiger partial charge in [-0.05, 0) is 31.9 Å². The van der Waals surface area contributed by atoms with E-state index in [-0.39, 0.29) is 5.03 Å². The summed E-state index contributed by atoms with van der Waals surface area (Å²) in [6.45, 7) is 5.49. The normalized spacial score (nSPS) is 12.0. The lowest BCUT2D eigenvalue weighted by Gasteiger charge is -2.11. The van der Waals surface area contributed by atoms with Crippen molar-refractivity contribution in [2.24, 2.45) is 0 Å². The summed E-state index contributed by atoms with van der Waals surface area (Å²) >= 11 is 1.37. The maximum Gasteiger partial charge on any atom is 0.281 e. The molecule has 0 amide bonds. The molecular weight excluding hydrogens is 320 g/mol. The van der Waals surface area contributed by atoms with Gasteiger partial charge < -0.3 is 0 Å². The predicted molar refractivity (Wildman–Crippen MR) is 87.0 cm³/mol. The monoisotopic (exact) mass is 336 g/mol. The van der Waals surface area contributed by atoms with Gasteiger partial charge in [0.15, 0.2) is 0 Å². The molecular formula is C14H16N4O2S2. The minimum absolute atomic E-state index is 0.0951. The van der Waals surface area contributed by atoms with E-state index in [0.29, 0.717) is 16.3 Å². The van der Waals surface area contributed by atoms with E-state index in [4.69, 9.17) is 0 Å². The zero-order valence-electron chi connectivity index (χ0n) is 12.5. The molecule has 1 N–H and O–H groups in total. The molecule has 0 aliphatic heterocycles. The van der Waals surface area contributed by atoms with Crippen LogP contribution in [0.5, 0.6) is 0 Å². The van der Waals surface area contributed by atoms with Crippen molar-refractivity contribution in [2.75, 3.05) is 4.72 Å². The van der Waals surface area contributed by atoms with Gasteiger partial charge in [0.1, 0.15) is 5.01 Å². The van der Waals surface area contributed by atoms with E-state index in [0.717, 1.165) is 17.0 Å². The number of imidazole rings is 1. The van der Waals surface area contributed by atoms with Crippen molar-refractivity contribution in [3.8, 4) is 0 Å². The SMILES string of the molecule is CCc1ccccc1NS(=O)(=O)c1c(C)nc2sc(C)nn12. The van der Waals surface area contributed by atoms with Crippen molar-refractivity contribution in [1.82, 2.24) is 14.6 Å². The highest BCUT2D eigenvalue weighted by molar-refractivity contribution is 7.92. The molecule has 0 spiro atoms. The summed E-state index contributed by atoms with van der Waals surface area (Å²) in [5, 5.41) is 5.10. The molecule has 8 heteroatoms. The molecule has 2 heterocycles. The average Bonchev–Trinajstić information content (AvgIpc) is 2.93. The van der Waals surface area contributed by atoms with Crippen molar-refractivity contribution < 1.29 is 8.42 Å². The van der Waals surface area contributed by atoms with Crippen molar-refractivity contribution in [1.29, 1.82) is 0 Å². The zero-order chi connectivity index (χ0) is 15.9. The molecule has 0 unspecified atom stereocenters. The van der Waals surface area contributed by atoms with E-state index in [2.05, 4.69) is 14.8 Å². The maximum atomic E-state index is 12.8. The van der Waals surface area contributed by atoms with Gasteiger partial charge in [0, 0.05) is 0 Å². The molecule has 0 aliphatic carbocycles. The fourth-order valence-corrected chi connectivity index (χ4v) is 4.58. The Balaban J connectivity index is 2.10. The highest BCUT2D eigenvalue weighted by atomic mass is 32.2. The highest BCUT2D eigenvalue weighted by Gasteiger charge is 2.26. The summed E-state index contributed by atoms with van der Waals surface area (Å²) in [6, 6.07) is 7.37. The molecule has 2 aromatic heterocycles. The molecule has 0 saturated carbocycles. The minimum Gasteiger partial charge on any atom is -0.278 e. The topological polar surface area (TPSA) is 76.4 Å². The number of benzene rings is 1. The third kappa shape index (κ3) is 2.48. The van der Waals surface area contributed by atoms with Crippen LogP contribution in [-0.2, 0) is 16.4 Å². The molecule has 0 atom stereocenters. The number of hydrogen-bond donors (Lipinski definition) is 1. The van der Waals surface area contributed by atoms with Gasteiger partial charge in [0.05, 0.1) is 11.4 Å². The average molecular weight is 336 g/mol. The van der Waals surface area contributed by atoms with E-state index in [1.807, 2.05) is 32.0 Å². The first-order valence-electron chi connectivity index (χ1n) is 6.86. The number of sulfonamides is 1. The van der Waals surface area contributed by atoms with Crippen LogP contribution in [0.4, 0.5) is 5.69 Å². The second kappa shape index (κ2) is 5.36. The Kier molecular flexibility index (Phi) is 3.65. The first-order chi connectivity index (χ1) is 10.4. The van der Waals surface area contributed by atoms with E-state index in [1.54, 1.807) is 13.0 Å². The molecule has 3 rings (SSSR count). The van der Waals surface area contributed by atoms with Gasteiger partial charge >= 0.3 is 0 Å². The number of para-hydroxylation sites is 1. The van der Waals surface area contributed by atoms with Crippen LogP contribution < -0.4 is 4.72 Å². The first kappa shape index (κ1) is 15.0. The predicted octanol–water partition coefficient (Wildman–Crippen LogP) is 2.77. The van der Waals surface area contributed by atoms with Crippen LogP contribution >= 0.6 is 11.3 Å². The molecule has 0 fully saturated rings. The van der Waals surface area contributed by atoms with E-state index in [9.17, 15) is 8.42 Å². The van der Waals surface area contributed by atoms with Gasteiger partial charge in [-0.1, -0.05) is 36.5 Å². The third-order valence-electron chi connectivity index (χ3n) is 3.32. The van der Waals surface area contributed by atoms with Crippen LogP contribution in [-0.4, -0.2) is 23.0 Å². The second-order valence-corrected chi connectivity index (χ2v) is 7.69. The van der Waals surface area contributed by atoms with Crippen molar-refractivity contribution in [3.63, 3.8) is 0 Å². The lowest BCUT2D eigenvalue weighted by atomic mass is 10.1. The third-order valence-corrected chi connectivity index (χ3v) is 5.61. The molecule has 3 aromatic rings. The molecule has 0 radical (unpaired) electrons. The molecule has 0 saturated heterocycles. The number of aryl methyl sites for hydroxylation is 3. The molecule has 6 nitrogen and oxygen atoms in total. The van der Waals surface area contributed by atoms with E-state index in [1.165, 1.54) is 15.9 Å². The van der Waals surface area contributed by atoms with Crippen LogP contribution in [0.3, 0.4) is 0 Å². The van der Waals surface area contributed by atoms with Crippen molar-refractivity contribution in [2.45, 2.75) is 32.2 Å². The number of nitrogens with one attached hydrogen (secondary N) is 1. The molecule has 116 valence electrons. The lowest BCUT2D eigenvalue weighted by molar-refractivity contribution is 0.592. The summed E-state index contributed by atoms with van der Waals surface area (Å²) < 4.78 is 29.6. The molecule has 0 aliphatic rings. The fourth-order valence-electron chi connectivity index (χ4n) is 2.36. The van der Waals surface area contributed by atoms with Gasteiger partial charge in [-0.25, -0.2) is 4.98 Å². The Labute approximate surface area is 132 Å². The quantitative estimate of drug-likeness (QED) is 0.795. The van der Waals surface area contributed by atoms with Crippen LogP contribution in [0.25, 0.3) is 4.96 Å². The van der Waals surface area contributed by atoms with Gasteiger partial charge in [0.25, 0.3) is 10.0 Å². The number of fused-ring (bicyclic) bond motifs is 1. The fraction of sp³-hybridized carbons (Fsp3) is 0.286. The van der Waals surface area contributed by atoms with Crippen molar-refractivity contribution >= 4 is 32.0 Å². The number of aromatic nitrogens is 3. The van der Waals surface area contributed by atoms with Gasteiger partial charge in [0.2, 0.25) is 9.99 Å². The van der Waals surface area contributed by atoms with Crippen molar-refractivity contribution in [3.05, 3.63) is 40.5 Å². The Morgan fingerprint density at radius 3 is 2.73 bits per heavy atom. The Hall–Kier alpha value is -1.93. The van der Waals surface area contributed by atoms with Gasteiger partial charge in [-0.15, -0.1) is 0 Å². The number of rotatable bonds is 4. The summed E-state index contributed by atoms with van der Waals surface area (Å²) in [7, 11) is -3.75. The van der Waals surface area contributed by atoms with Crippen LogP contribution in [0, 0.1) is 13.8 Å². The smallest absolute Gasteiger partial charge is 0.278 e. The van der Waals surface area contributed by atoms with E-state index < -0.39 is 10.0 Å². The van der Waals surface area contributed by atoms with E-state index >= 15 is 0 Å². The van der Waals surface area contributed by atoms with Crippen LogP contribution in [0.15, 0.2) is 29.3 Å². The van der Waals surface area contributed by atoms with Crippen LogP contribution in [0.1, 0.15) is 23.2 Å².